The number of hydrogen-bond donors (Lipinski definition) is 0. The average molecular weight is 248 g/mol. The fourth-order valence-corrected chi connectivity index (χ4v) is 2.54. The zero-order valence-electron chi connectivity index (χ0n) is 11.7. The third-order valence-corrected chi connectivity index (χ3v) is 3.94. The minimum Gasteiger partial charge on any atom is -0.374 e. The fourth-order valence-electron chi connectivity index (χ4n) is 2.54. The Bertz CT molecular complexity index is 376. The maximum Gasteiger partial charge on any atom is 0.0895 e. The van der Waals surface area contributed by atoms with Crippen LogP contribution in [0.2, 0.25) is 0 Å². The summed E-state index contributed by atoms with van der Waals surface area (Å²) in [7, 11) is 0. The SMILES string of the molecule is CCC1(C)CCC(C)(COCc2ccccc2)O1. The predicted octanol–water partition coefficient (Wildman–Crippen LogP) is 3.94. The van der Waals surface area contributed by atoms with Gasteiger partial charge in [-0.25, -0.2) is 0 Å². The van der Waals surface area contributed by atoms with E-state index in [2.05, 4.69) is 32.9 Å². The summed E-state index contributed by atoms with van der Waals surface area (Å²) < 4.78 is 12.0. The minimum absolute atomic E-state index is 0.0465. The first-order valence-corrected chi connectivity index (χ1v) is 6.87. The van der Waals surface area contributed by atoms with Gasteiger partial charge in [0, 0.05) is 0 Å². The maximum absolute atomic E-state index is 6.20. The van der Waals surface area contributed by atoms with E-state index in [1.165, 1.54) is 5.56 Å². The van der Waals surface area contributed by atoms with E-state index in [4.69, 9.17) is 9.47 Å². The van der Waals surface area contributed by atoms with Crippen molar-refractivity contribution in [1.29, 1.82) is 0 Å². The van der Waals surface area contributed by atoms with Crippen LogP contribution in [0.3, 0.4) is 0 Å². The summed E-state index contributed by atoms with van der Waals surface area (Å²) in [6.45, 7) is 7.91. The Hall–Kier alpha value is -0.860. The normalized spacial score (nSPS) is 31.7. The van der Waals surface area contributed by atoms with Gasteiger partial charge in [-0.05, 0) is 38.7 Å². The second-order valence-electron chi connectivity index (χ2n) is 5.83. The summed E-state index contributed by atoms with van der Waals surface area (Å²) >= 11 is 0. The molecule has 1 fully saturated rings. The zero-order valence-corrected chi connectivity index (χ0v) is 11.7. The van der Waals surface area contributed by atoms with Gasteiger partial charge >= 0.3 is 0 Å². The van der Waals surface area contributed by atoms with Crippen LogP contribution in [-0.4, -0.2) is 17.8 Å². The van der Waals surface area contributed by atoms with Gasteiger partial charge in [0.1, 0.15) is 0 Å². The lowest BCUT2D eigenvalue weighted by atomic mass is 9.97. The zero-order chi connectivity index (χ0) is 13.1. The molecule has 1 aliphatic rings. The Morgan fingerprint density at radius 2 is 1.78 bits per heavy atom. The highest BCUT2D eigenvalue weighted by molar-refractivity contribution is 5.13. The number of hydrogen-bond acceptors (Lipinski definition) is 2. The first-order chi connectivity index (χ1) is 8.55. The van der Waals surface area contributed by atoms with E-state index < -0.39 is 0 Å². The van der Waals surface area contributed by atoms with Crippen molar-refractivity contribution in [2.24, 2.45) is 0 Å². The monoisotopic (exact) mass is 248 g/mol. The molecule has 100 valence electrons. The van der Waals surface area contributed by atoms with E-state index in [-0.39, 0.29) is 11.2 Å². The Morgan fingerprint density at radius 3 is 2.39 bits per heavy atom. The smallest absolute Gasteiger partial charge is 0.0895 e. The van der Waals surface area contributed by atoms with Crippen molar-refractivity contribution >= 4 is 0 Å². The van der Waals surface area contributed by atoms with Crippen molar-refractivity contribution in [2.45, 2.75) is 57.8 Å². The molecule has 1 aliphatic heterocycles. The molecule has 1 aromatic rings. The van der Waals surface area contributed by atoms with Gasteiger partial charge < -0.3 is 9.47 Å². The third-order valence-electron chi connectivity index (χ3n) is 3.94. The molecule has 0 spiro atoms. The first kappa shape index (κ1) is 13.6. The lowest BCUT2D eigenvalue weighted by Crippen LogP contribution is -2.34. The molecule has 18 heavy (non-hydrogen) atoms. The van der Waals surface area contributed by atoms with Gasteiger partial charge in [-0.1, -0.05) is 37.3 Å². The second-order valence-corrected chi connectivity index (χ2v) is 5.83. The summed E-state index contributed by atoms with van der Waals surface area (Å²) in [5, 5.41) is 0. The molecule has 2 heteroatoms. The van der Waals surface area contributed by atoms with Gasteiger partial charge in [0.05, 0.1) is 24.4 Å². The highest BCUT2D eigenvalue weighted by atomic mass is 16.6. The van der Waals surface area contributed by atoms with Gasteiger partial charge in [-0.15, -0.1) is 0 Å². The largest absolute Gasteiger partial charge is 0.374 e. The van der Waals surface area contributed by atoms with Crippen LogP contribution in [-0.2, 0) is 16.1 Å². The molecule has 0 saturated carbocycles. The van der Waals surface area contributed by atoms with Crippen LogP contribution in [0.25, 0.3) is 0 Å². The van der Waals surface area contributed by atoms with Crippen molar-refractivity contribution < 1.29 is 9.47 Å². The standard InChI is InChI=1S/C16H24O2/c1-4-15(2)10-11-16(3,18-15)13-17-12-14-8-6-5-7-9-14/h5-9H,4,10-13H2,1-3H3. The molecule has 1 saturated heterocycles. The van der Waals surface area contributed by atoms with Crippen LogP contribution in [0.5, 0.6) is 0 Å². The van der Waals surface area contributed by atoms with Crippen molar-refractivity contribution in [3.63, 3.8) is 0 Å². The Labute approximate surface area is 110 Å². The average Bonchev–Trinajstić information content (AvgIpc) is 2.68. The van der Waals surface area contributed by atoms with Crippen molar-refractivity contribution in [3.8, 4) is 0 Å². The predicted molar refractivity (Wildman–Crippen MR) is 73.5 cm³/mol. The van der Waals surface area contributed by atoms with Gasteiger partial charge in [-0.2, -0.15) is 0 Å². The van der Waals surface area contributed by atoms with E-state index in [9.17, 15) is 0 Å². The van der Waals surface area contributed by atoms with E-state index in [0.29, 0.717) is 13.2 Å². The van der Waals surface area contributed by atoms with Gasteiger partial charge in [0.15, 0.2) is 0 Å². The van der Waals surface area contributed by atoms with Crippen molar-refractivity contribution in [2.75, 3.05) is 6.61 Å². The molecule has 2 unspecified atom stereocenters. The van der Waals surface area contributed by atoms with Gasteiger partial charge in [0.25, 0.3) is 0 Å². The molecule has 1 heterocycles. The highest BCUT2D eigenvalue weighted by Crippen LogP contribution is 2.39. The molecule has 0 N–H and O–H groups in total. The van der Waals surface area contributed by atoms with E-state index >= 15 is 0 Å². The van der Waals surface area contributed by atoms with Crippen molar-refractivity contribution in [1.82, 2.24) is 0 Å². The summed E-state index contributed by atoms with van der Waals surface area (Å²) in [6.07, 6.45) is 3.29. The van der Waals surface area contributed by atoms with Crippen LogP contribution in [0.15, 0.2) is 30.3 Å². The summed E-state index contributed by atoms with van der Waals surface area (Å²) in [6, 6.07) is 10.3. The number of rotatable bonds is 5. The fraction of sp³-hybridized carbons (Fsp3) is 0.625. The molecule has 0 radical (unpaired) electrons. The van der Waals surface area contributed by atoms with E-state index in [1.54, 1.807) is 0 Å². The second kappa shape index (κ2) is 5.41. The quantitative estimate of drug-likeness (QED) is 0.785. The number of benzene rings is 1. The lowest BCUT2D eigenvalue weighted by Gasteiger charge is -2.29. The number of ether oxygens (including phenoxy) is 2. The summed E-state index contributed by atoms with van der Waals surface area (Å²) in [4.78, 5) is 0. The van der Waals surface area contributed by atoms with Crippen LogP contribution in [0.4, 0.5) is 0 Å². The molecular weight excluding hydrogens is 224 g/mol. The molecule has 0 amide bonds. The Balaban J connectivity index is 1.80. The molecule has 0 aromatic heterocycles. The van der Waals surface area contributed by atoms with E-state index in [1.807, 2.05) is 18.2 Å². The third kappa shape index (κ3) is 3.33. The van der Waals surface area contributed by atoms with Crippen LogP contribution in [0, 0.1) is 0 Å². The van der Waals surface area contributed by atoms with E-state index in [0.717, 1.165) is 19.3 Å². The van der Waals surface area contributed by atoms with Crippen LogP contribution in [0.1, 0.15) is 45.6 Å². The van der Waals surface area contributed by atoms with Crippen LogP contribution >= 0.6 is 0 Å². The first-order valence-electron chi connectivity index (χ1n) is 6.87. The Morgan fingerprint density at radius 1 is 1.11 bits per heavy atom. The highest BCUT2D eigenvalue weighted by Gasteiger charge is 2.42. The molecule has 0 bridgehead atoms. The Kier molecular flexibility index (Phi) is 4.08. The molecule has 2 nitrogen and oxygen atoms in total. The topological polar surface area (TPSA) is 18.5 Å². The van der Waals surface area contributed by atoms with Gasteiger partial charge in [0.2, 0.25) is 0 Å². The minimum atomic E-state index is -0.112. The molecule has 1 aromatic carbocycles. The maximum atomic E-state index is 6.20. The summed E-state index contributed by atoms with van der Waals surface area (Å²) in [5.74, 6) is 0. The van der Waals surface area contributed by atoms with Crippen molar-refractivity contribution in [3.05, 3.63) is 35.9 Å². The molecule has 2 rings (SSSR count). The summed E-state index contributed by atoms with van der Waals surface area (Å²) in [5.41, 5.74) is 1.15. The van der Waals surface area contributed by atoms with Crippen LogP contribution < -0.4 is 0 Å². The molecule has 0 aliphatic carbocycles. The van der Waals surface area contributed by atoms with Gasteiger partial charge in [-0.3, -0.25) is 0 Å². The molecular formula is C16H24O2. The molecule has 2 atom stereocenters. The lowest BCUT2D eigenvalue weighted by molar-refractivity contribution is -0.123.